The number of rotatable bonds is 11. The number of esters is 1. The molecule has 0 fully saturated rings. The van der Waals surface area contributed by atoms with E-state index in [1.807, 2.05) is 30.3 Å². The number of carbonyl (C=O) groups excluding carboxylic acids is 2. The highest BCUT2D eigenvalue weighted by atomic mass is 19.4. The van der Waals surface area contributed by atoms with Crippen LogP contribution in [0.5, 0.6) is 5.75 Å². The molecule has 0 unspecified atom stereocenters. The molecule has 6 nitrogen and oxygen atoms in total. The number of hydrogen-bond acceptors (Lipinski definition) is 5. The van der Waals surface area contributed by atoms with Crippen LogP contribution < -0.4 is 4.74 Å². The Kier molecular flexibility index (Phi) is 9.90. The van der Waals surface area contributed by atoms with Crippen molar-refractivity contribution in [2.75, 3.05) is 27.4 Å². The van der Waals surface area contributed by atoms with Crippen LogP contribution in [0.4, 0.5) is 13.2 Å². The second-order valence-corrected chi connectivity index (χ2v) is 8.54. The average molecular weight is 530 g/mol. The van der Waals surface area contributed by atoms with E-state index in [0.29, 0.717) is 22.4 Å². The number of carbonyl (C=O) groups is 2. The lowest BCUT2D eigenvalue weighted by molar-refractivity contribution is -0.140. The summed E-state index contributed by atoms with van der Waals surface area (Å²) in [7, 11) is 2.73. The standard InChI is InChI=1S/C29H30F3NO5/c1-4-33(27(34)19-38-18-20-8-6-5-7-9-20)17-22-16-23(29(30,31)32)11-12-24(22)25-14-21(15-28(35)37-3)10-13-26(25)36-2/h5-14,16H,4,15,17-19H2,1-3H3. The lowest BCUT2D eigenvalue weighted by Gasteiger charge is -2.24. The van der Waals surface area contributed by atoms with E-state index >= 15 is 0 Å². The van der Waals surface area contributed by atoms with Gasteiger partial charge in [-0.1, -0.05) is 42.5 Å². The van der Waals surface area contributed by atoms with Gasteiger partial charge < -0.3 is 19.1 Å². The highest BCUT2D eigenvalue weighted by Gasteiger charge is 2.31. The molecule has 0 saturated heterocycles. The molecule has 0 saturated carbocycles. The van der Waals surface area contributed by atoms with Gasteiger partial charge in [-0.25, -0.2) is 0 Å². The topological polar surface area (TPSA) is 65.1 Å². The van der Waals surface area contributed by atoms with E-state index in [1.165, 1.54) is 25.2 Å². The number of likely N-dealkylation sites (N-methyl/N-ethyl adjacent to an activating group) is 1. The number of ether oxygens (including phenoxy) is 3. The van der Waals surface area contributed by atoms with E-state index in [9.17, 15) is 22.8 Å². The van der Waals surface area contributed by atoms with Gasteiger partial charge in [0.2, 0.25) is 5.91 Å². The van der Waals surface area contributed by atoms with Gasteiger partial charge in [0.05, 0.1) is 32.8 Å². The number of nitrogens with zero attached hydrogens (tertiary/aromatic N) is 1. The molecule has 0 aliphatic rings. The second kappa shape index (κ2) is 13.1. The maximum atomic E-state index is 13.6. The van der Waals surface area contributed by atoms with Crippen LogP contribution in [-0.2, 0) is 44.8 Å². The van der Waals surface area contributed by atoms with Gasteiger partial charge in [0.1, 0.15) is 12.4 Å². The van der Waals surface area contributed by atoms with Crippen LogP contribution in [-0.4, -0.2) is 44.1 Å². The summed E-state index contributed by atoms with van der Waals surface area (Å²) in [4.78, 5) is 26.2. The van der Waals surface area contributed by atoms with E-state index in [1.54, 1.807) is 25.1 Å². The predicted molar refractivity (Wildman–Crippen MR) is 136 cm³/mol. The molecule has 1 amide bonds. The van der Waals surface area contributed by atoms with Gasteiger partial charge >= 0.3 is 12.1 Å². The van der Waals surface area contributed by atoms with Crippen molar-refractivity contribution in [3.05, 3.63) is 89.0 Å². The summed E-state index contributed by atoms with van der Waals surface area (Å²) < 4.78 is 56.6. The molecule has 3 aromatic carbocycles. The van der Waals surface area contributed by atoms with E-state index in [2.05, 4.69) is 0 Å². The molecule has 0 atom stereocenters. The smallest absolute Gasteiger partial charge is 0.416 e. The molecule has 3 aromatic rings. The summed E-state index contributed by atoms with van der Waals surface area (Å²) in [5.74, 6) is -0.384. The van der Waals surface area contributed by atoms with Crippen molar-refractivity contribution in [3.8, 4) is 16.9 Å². The van der Waals surface area contributed by atoms with Crippen molar-refractivity contribution >= 4 is 11.9 Å². The van der Waals surface area contributed by atoms with Gasteiger partial charge in [-0.2, -0.15) is 13.2 Å². The lowest BCUT2D eigenvalue weighted by Crippen LogP contribution is -2.33. The summed E-state index contributed by atoms with van der Waals surface area (Å²) in [5, 5.41) is 0. The molecule has 0 aliphatic carbocycles. The molecule has 0 N–H and O–H groups in total. The van der Waals surface area contributed by atoms with Gasteiger partial charge in [-0.05, 0) is 53.4 Å². The van der Waals surface area contributed by atoms with Gasteiger partial charge in [0.15, 0.2) is 0 Å². The Hall–Kier alpha value is -3.85. The van der Waals surface area contributed by atoms with Crippen molar-refractivity contribution < 1.29 is 37.0 Å². The highest BCUT2D eigenvalue weighted by Crippen LogP contribution is 2.38. The summed E-state index contributed by atoms with van der Waals surface area (Å²) in [6.07, 6.45) is -4.58. The molecule has 0 bridgehead atoms. The fraction of sp³-hybridized carbons (Fsp3) is 0.310. The number of benzene rings is 3. The summed E-state index contributed by atoms with van der Waals surface area (Å²) >= 11 is 0. The Morgan fingerprint density at radius 1 is 0.895 bits per heavy atom. The highest BCUT2D eigenvalue weighted by molar-refractivity contribution is 5.80. The molecule has 38 heavy (non-hydrogen) atoms. The molecule has 9 heteroatoms. The van der Waals surface area contributed by atoms with Crippen molar-refractivity contribution in [3.63, 3.8) is 0 Å². The normalized spacial score (nSPS) is 11.2. The molecule has 0 heterocycles. The fourth-order valence-electron chi connectivity index (χ4n) is 3.98. The number of methoxy groups -OCH3 is 2. The second-order valence-electron chi connectivity index (χ2n) is 8.54. The van der Waals surface area contributed by atoms with Gasteiger partial charge in [-0.3, -0.25) is 9.59 Å². The largest absolute Gasteiger partial charge is 0.496 e. The summed E-state index contributed by atoms with van der Waals surface area (Å²) in [6, 6.07) is 17.8. The van der Waals surface area contributed by atoms with Crippen LogP contribution in [0, 0.1) is 0 Å². The van der Waals surface area contributed by atoms with Crippen LogP contribution in [0.1, 0.15) is 29.2 Å². The first-order chi connectivity index (χ1) is 18.2. The third-order valence-corrected chi connectivity index (χ3v) is 6.00. The number of amides is 1. The Morgan fingerprint density at radius 3 is 2.26 bits per heavy atom. The third kappa shape index (κ3) is 7.58. The first-order valence-electron chi connectivity index (χ1n) is 12.0. The maximum Gasteiger partial charge on any atom is 0.416 e. The molecular formula is C29H30F3NO5. The molecule has 0 aromatic heterocycles. The minimum absolute atomic E-state index is 0.0121. The predicted octanol–water partition coefficient (Wildman–Crippen LogP) is 5.66. The Bertz CT molecular complexity index is 1240. The van der Waals surface area contributed by atoms with Gasteiger partial charge in [0.25, 0.3) is 0 Å². The average Bonchev–Trinajstić information content (AvgIpc) is 2.91. The number of hydrogen-bond donors (Lipinski definition) is 0. The Morgan fingerprint density at radius 2 is 1.63 bits per heavy atom. The minimum Gasteiger partial charge on any atom is -0.496 e. The number of alkyl halides is 3. The first kappa shape index (κ1) is 28.7. The fourth-order valence-corrected chi connectivity index (χ4v) is 3.98. The maximum absolute atomic E-state index is 13.6. The zero-order valence-corrected chi connectivity index (χ0v) is 21.5. The van der Waals surface area contributed by atoms with Crippen molar-refractivity contribution in [2.45, 2.75) is 32.7 Å². The SMILES string of the molecule is CCN(Cc1cc(C(F)(F)F)ccc1-c1cc(CC(=O)OC)ccc1OC)C(=O)COCc1ccccc1. The van der Waals surface area contributed by atoms with E-state index in [-0.39, 0.29) is 44.2 Å². The number of halogens is 3. The molecule has 0 aliphatic heterocycles. The lowest BCUT2D eigenvalue weighted by atomic mass is 9.94. The van der Waals surface area contributed by atoms with Gasteiger partial charge in [-0.15, -0.1) is 0 Å². The van der Waals surface area contributed by atoms with E-state index in [0.717, 1.165) is 17.7 Å². The molecular weight excluding hydrogens is 499 g/mol. The van der Waals surface area contributed by atoms with Crippen LogP contribution in [0.3, 0.4) is 0 Å². The van der Waals surface area contributed by atoms with Gasteiger partial charge in [0, 0.05) is 18.7 Å². The molecule has 3 rings (SSSR count). The van der Waals surface area contributed by atoms with Crippen LogP contribution >= 0.6 is 0 Å². The molecule has 0 radical (unpaired) electrons. The van der Waals surface area contributed by atoms with E-state index < -0.39 is 17.7 Å². The third-order valence-electron chi connectivity index (χ3n) is 6.00. The Labute approximate surface area is 219 Å². The zero-order valence-electron chi connectivity index (χ0n) is 21.5. The summed E-state index contributed by atoms with van der Waals surface area (Å²) in [6.45, 7) is 1.97. The van der Waals surface area contributed by atoms with Crippen LogP contribution in [0.2, 0.25) is 0 Å². The molecule has 0 spiro atoms. The van der Waals surface area contributed by atoms with Crippen molar-refractivity contribution in [2.24, 2.45) is 0 Å². The zero-order chi connectivity index (χ0) is 27.7. The monoisotopic (exact) mass is 529 g/mol. The van der Waals surface area contributed by atoms with E-state index in [4.69, 9.17) is 14.2 Å². The minimum atomic E-state index is -4.57. The Balaban J connectivity index is 1.93. The van der Waals surface area contributed by atoms with Crippen LogP contribution in [0.15, 0.2) is 66.7 Å². The molecule has 202 valence electrons. The van der Waals surface area contributed by atoms with Crippen molar-refractivity contribution in [1.29, 1.82) is 0 Å². The van der Waals surface area contributed by atoms with Crippen molar-refractivity contribution in [1.82, 2.24) is 4.90 Å². The first-order valence-corrected chi connectivity index (χ1v) is 12.0. The summed E-state index contributed by atoms with van der Waals surface area (Å²) in [5.41, 5.74) is 1.93. The van der Waals surface area contributed by atoms with Crippen LogP contribution in [0.25, 0.3) is 11.1 Å². The quantitative estimate of drug-likeness (QED) is 0.300.